The monoisotopic (exact) mass is 376 g/mol. The lowest BCUT2D eigenvalue weighted by Crippen LogP contribution is -2.00. The summed E-state index contributed by atoms with van der Waals surface area (Å²) in [6.45, 7) is 0. The molecular formula is C21H16N2OS2. The zero-order valence-corrected chi connectivity index (χ0v) is 15.4. The number of anilines is 2. The summed E-state index contributed by atoms with van der Waals surface area (Å²) < 4.78 is 0. The molecule has 4 aromatic rings. The Bertz CT molecular complexity index is 974. The average Bonchev–Trinajstić information content (AvgIpc) is 3.32. The summed E-state index contributed by atoms with van der Waals surface area (Å²) in [5.74, 6) is 0.0497. The van der Waals surface area contributed by atoms with Crippen molar-refractivity contribution in [3.8, 4) is 22.3 Å². The normalized spacial score (nSPS) is 10.8. The van der Waals surface area contributed by atoms with Crippen LogP contribution in [0.15, 0.2) is 71.4 Å². The van der Waals surface area contributed by atoms with Gasteiger partial charge >= 0.3 is 0 Å². The van der Waals surface area contributed by atoms with Gasteiger partial charge in [-0.15, -0.1) is 22.7 Å². The molecule has 0 spiro atoms. The molecule has 0 bridgehead atoms. The Morgan fingerprint density at radius 3 is 1.38 bits per heavy atom. The second-order valence-corrected chi connectivity index (χ2v) is 7.73. The lowest BCUT2D eigenvalue weighted by atomic mass is 10.0. The summed E-state index contributed by atoms with van der Waals surface area (Å²) in [5.41, 5.74) is 16.8. The predicted octanol–water partition coefficient (Wildman–Crippen LogP) is 5.54. The maximum absolute atomic E-state index is 13.3. The number of thiophene rings is 2. The van der Waals surface area contributed by atoms with E-state index < -0.39 is 0 Å². The van der Waals surface area contributed by atoms with Crippen LogP contribution in [-0.2, 0) is 0 Å². The van der Waals surface area contributed by atoms with Crippen molar-refractivity contribution in [2.75, 3.05) is 11.5 Å². The number of benzene rings is 2. The first-order chi connectivity index (χ1) is 12.6. The first-order valence-corrected chi connectivity index (χ1v) is 9.81. The summed E-state index contributed by atoms with van der Waals surface area (Å²) in [6, 6.07) is 19.2. The third-order valence-corrected chi connectivity index (χ3v) is 6.01. The van der Waals surface area contributed by atoms with Crippen molar-refractivity contribution in [1.82, 2.24) is 0 Å². The summed E-state index contributed by atoms with van der Waals surface area (Å²) in [4.78, 5) is 14.8. The van der Waals surface area contributed by atoms with Crippen molar-refractivity contribution in [3.05, 3.63) is 81.2 Å². The predicted molar refractivity (Wildman–Crippen MR) is 112 cm³/mol. The molecule has 0 aliphatic heterocycles. The van der Waals surface area contributed by atoms with Gasteiger partial charge in [0.2, 0.25) is 5.78 Å². The van der Waals surface area contributed by atoms with Crippen molar-refractivity contribution in [1.29, 1.82) is 0 Å². The molecule has 0 fully saturated rings. The molecule has 0 unspecified atom stereocenters. The van der Waals surface area contributed by atoms with Crippen LogP contribution in [-0.4, -0.2) is 5.78 Å². The number of ketones is 1. The summed E-state index contributed by atoms with van der Waals surface area (Å²) in [6.07, 6.45) is 0. The third-order valence-electron chi connectivity index (χ3n) is 4.19. The zero-order valence-electron chi connectivity index (χ0n) is 13.8. The molecule has 26 heavy (non-hydrogen) atoms. The number of nitrogens with two attached hydrogens (primary N) is 2. The van der Waals surface area contributed by atoms with Crippen LogP contribution in [0.1, 0.15) is 14.5 Å². The smallest absolute Gasteiger partial charge is 0.214 e. The minimum absolute atomic E-state index is 0.0497. The van der Waals surface area contributed by atoms with E-state index in [0.29, 0.717) is 11.4 Å². The Morgan fingerprint density at radius 1 is 0.615 bits per heavy atom. The van der Waals surface area contributed by atoms with Gasteiger partial charge in [-0.1, -0.05) is 24.3 Å². The molecule has 0 aliphatic rings. The fourth-order valence-electron chi connectivity index (χ4n) is 2.85. The standard InChI is InChI=1S/C21H16N2OS2/c22-15-5-1-13(2-6-15)17-9-11-25-20(17)19(24)21-18(10-12-26-21)14-3-7-16(23)8-4-14/h1-12H,22-23H2. The van der Waals surface area contributed by atoms with E-state index in [1.165, 1.54) is 22.7 Å². The van der Waals surface area contributed by atoms with Gasteiger partial charge in [-0.3, -0.25) is 4.79 Å². The molecular weight excluding hydrogens is 360 g/mol. The first kappa shape index (κ1) is 16.6. The first-order valence-electron chi connectivity index (χ1n) is 8.05. The van der Waals surface area contributed by atoms with Crippen molar-refractivity contribution < 1.29 is 4.79 Å². The van der Waals surface area contributed by atoms with Crippen LogP contribution < -0.4 is 11.5 Å². The van der Waals surface area contributed by atoms with Gasteiger partial charge in [0.15, 0.2) is 0 Å². The molecule has 3 nitrogen and oxygen atoms in total. The van der Waals surface area contributed by atoms with Crippen molar-refractivity contribution in [2.45, 2.75) is 0 Å². The molecule has 2 aromatic carbocycles. The van der Waals surface area contributed by atoms with Crippen LogP contribution in [0.25, 0.3) is 22.3 Å². The molecule has 0 radical (unpaired) electrons. The van der Waals surface area contributed by atoms with Crippen LogP contribution in [0, 0.1) is 0 Å². The summed E-state index contributed by atoms with van der Waals surface area (Å²) >= 11 is 2.93. The van der Waals surface area contributed by atoms with Crippen LogP contribution in [0.3, 0.4) is 0 Å². The number of hydrogen-bond donors (Lipinski definition) is 2. The molecule has 0 aliphatic carbocycles. The van der Waals surface area contributed by atoms with Crippen molar-refractivity contribution in [2.24, 2.45) is 0 Å². The number of carbonyl (C=O) groups is 1. The van der Waals surface area contributed by atoms with Crippen molar-refractivity contribution >= 4 is 39.8 Å². The van der Waals surface area contributed by atoms with Gasteiger partial charge in [-0.25, -0.2) is 0 Å². The Balaban J connectivity index is 1.75. The van der Waals surface area contributed by atoms with E-state index in [1.807, 2.05) is 71.4 Å². The molecule has 0 saturated carbocycles. The topological polar surface area (TPSA) is 69.1 Å². The lowest BCUT2D eigenvalue weighted by Gasteiger charge is -2.06. The minimum atomic E-state index is 0.0497. The van der Waals surface area contributed by atoms with Gasteiger partial charge in [-0.2, -0.15) is 0 Å². The van der Waals surface area contributed by atoms with Crippen LogP contribution in [0.4, 0.5) is 11.4 Å². The zero-order chi connectivity index (χ0) is 18.1. The van der Waals surface area contributed by atoms with Crippen LogP contribution in [0.2, 0.25) is 0 Å². The van der Waals surface area contributed by atoms with Gasteiger partial charge in [0.25, 0.3) is 0 Å². The molecule has 0 atom stereocenters. The number of hydrogen-bond acceptors (Lipinski definition) is 5. The van der Waals surface area contributed by atoms with E-state index in [1.54, 1.807) is 0 Å². The Kier molecular flexibility index (Phi) is 4.32. The fourth-order valence-corrected chi connectivity index (χ4v) is 4.64. The Morgan fingerprint density at radius 2 is 1.00 bits per heavy atom. The molecule has 4 N–H and O–H groups in total. The highest BCUT2D eigenvalue weighted by Gasteiger charge is 2.21. The van der Waals surface area contributed by atoms with Gasteiger partial charge in [0, 0.05) is 22.5 Å². The highest BCUT2D eigenvalue weighted by molar-refractivity contribution is 7.16. The summed E-state index contributed by atoms with van der Waals surface area (Å²) in [7, 11) is 0. The van der Waals surface area contributed by atoms with Crippen LogP contribution in [0.5, 0.6) is 0 Å². The number of carbonyl (C=O) groups excluding carboxylic acids is 1. The van der Waals surface area contributed by atoms with Crippen LogP contribution >= 0.6 is 22.7 Å². The molecule has 4 rings (SSSR count). The van der Waals surface area contributed by atoms with Crippen molar-refractivity contribution in [3.63, 3.8) is 0 Å². The fraction of sp³-hybridized carbons (Fsp3) is 0. The largest absolute Gasteiger partial charge is 0.399 e. The van der Waals surface area contributed by atoms with E-state index >= 15 is 0 Å². The van der Waals surface area contributed by atoms with E-state index in [4.69, 9.17) is 11.5 Å². The highest BCUT2D eigenvalue weighted by Crippen LogP contribution is 2.36. The van der Waals surface area contributed by atoms with Gasteiger partial charge in [0.1, 0.15) is 0 Å². The summed E-state index contributed by atoms with van der Waals surface area (Å²) in [5, 5.41) is 3.91. The second-order valence-electron chi connectivity index (χ2n) is 5.90. The Labute approximate surface area is 159 Å². The van der Waals surface area contributed by atoms with Gasteiger partial charge < -0.3 is 11.5 Å². The lowest BCUT2D eigenvalue weighted by molar-refractivity contribution is 0.104. The minimum Gasteiger partial charge on any atom is -0.399 e. The number of nitrogen functional groups attached to an aromatic ring is 2. The third kappa shape index (κ3) is 3.03. The SMILES string of the molecule is Nc1ccc(-c2ccsc2C(=O)c2sccc2-c2ccc(N)cc2)cc1. The van der Waals surface area contributed by atoms with E-state index in [9.17, 15) is 4.79 Å². The molecule has 0 saturated heterocycles. The molecule has 0 amide bonds. The van der Waals surface area contributed by atoms with Gasteiger partial charge in [0.05, 0.1) is 9.75 Å². The molecule has 128 valence electrons. The maximum atomic E-state index is 13.3. The molecule has 5 heteroatoms. The highest BCUT2D eigenvalue weighted by atomic mass is 32.1. The Hall–Kier alpha value is -2.89. The second kappa shape index (κ2) is 6.78. The molecule has 2 aromatic heterocycles. The van der Waals surface area contributed by atoms with Gasteiger partial charge in [-0.05, 0) is 58.3 Å². The number of rotatable bonds is 4. The molecule has 2 heterocycles. The van der Waals surface area contributed by atoms with E-state index in [2.05, 4.69) is 0 Å². The maximum Gasteiger partial charge on any atom is 0.214 e. The quantitative estimate of drug-likeness (QED) is 0.363. The average molecular weight is 377 g/mol. The van der Waals surface area contributed by atoms with E-state index in [0.717, 1.165) is 32.0 Å². The van der Waals surface area contributed by atoms with E-state index in [-0.39, 0.29) is 5.78 Å².